The molecule has 0 amide bonds. The van der Waals surface area contributed by atoms with Gasteiger partial charge in [0.25, 0.3) is 0 Å². The molecular weight excluding hydrogens is 360 g/mol. The fraction of sp³-hybridized carbons (Fsp3) is 0.280. The number of benzene rings is 2. The second-order valence-corrected chi connectivity index (χ2v) is 7.72. The number of allylic oxidation sites excluding steroid dienone is 4. The summed E-state index contributed by atoms with van der Waals surface area (Å²) in [6, 6.07) is 18.4. The van der Waals surface area contributed by atoms with Crippen molar-refractivity contribution in [1.82, 2.24) is 5.32 Å². The highest BCUT2D eigenvalue weighted by atomic mass is 16.5. The Morgan fingerprint density at radius 2 is 1.79 bits per heavy atom. The van der Waals surface area contributed by atoms with E-state index in [4.69, 9.17) is 4.74 Å². The number of aryl methyl sites for hydroxylation is 1. The quantitative estimate of drug-likeness (QED) is 0.800. The van der Waals surface area contributed by atoms with Crippen LogP contribution in [0.15, 0.2) is 71.1 Å². The molecule has 1 atom stereocenters. The van der Waals surface area contributed by atoms with E-state index in [-0.39, 0.29) is 11.7 Å². The molecule has 0 bridgehead atoms. The molecule has 0 fully saturated rings. The molecule has 1 heterocycles. The average Bonchev–Trinajstić information content (AvgIpc) is 2.73. The molecule has 2 aromatic rings. The molecule has 2 aromatic carbocycles. The van der Waals surface area contributed by atoms with E-state index in [1.54, 1.807) is 0 Å². The molecule has 146 valence electrons. The van der Waals surface area contributed by atoms with Crippen LogP contribution in [0.5, 0.6) is 5.75 Å². The summed E-state index contributed by atoms with van der Waals surface area (Å²) in [5.41, 5.74) is 6.48. The van der Waals surface area contributed by atoms with Crippen LogP contribution < -0.4 is 10.1 Å². The zero-order valence-corrected chi connectivity index (χ0v) is 16.8. The maximum Gasteiger partial charge on any atom is 0.161 e. The Labute approximate surface area is 171 Å². The van der Waals surface area contributed by atoms with Crippen LogP contribution in [0.25, 0.3) is 0 Å². The van der Waals surface area contributed by atoms with Gasteiger partial charge >= 0.3 is 0 Å². The number of nitrogens with zero attached hydrogens (tertiary/aromatic N) is 1. The number of hydrogen-bond donors (Lipinski definition) is 1. The van der Waals surface area contributed by atoms with Gasteiger partial charge in [0.15, 0.2) is 5.78 Å². The zero-order chi connectivity index (χ0) is 20.4. The van der Waals surface area contributed by atoms with Crippen molar-refractivity contribution in [2.45, 2.75) is 45.6 Å². The van der Waals surface area contributed by atoms with Gasteiger partial charge in [0.2, 0.25) is 0 Å². The number of rotatable bonds is 4. The van der Waals surface area contributed by atoms with E-state index < -0.39 is 0 Å². The number of Topliss-reactive ketones (excluding diaryl/α,β-unsaturated/α-hetero) is 1. The summed E-state index contributed by atoms with van der Waals surface area (Å²) in [4.78, 5) is 12.7. The molecule has 2 aliphatic rings. The van der Waals surface area contributed by atoms with Crippen molar-refractivity contribution < 1.29 is 9.53 Å². The number of carbonyl (C=O) groups excluding carboxylic acids is 1. The number of ether oxygens (including phenoxy) is 1. The third kappa shape index (κ3) is 3.82. The van der Waals surface area contributed by atoms with Crippen LogP contribution in [-0.4, -0.2) is 5.78 Å². The molecule has 0 saturated heterocycles. The van der Waals surface area contributed by atoms with Gasteiger partial charge in [-0.15, -0.1) is 0 Å². The number of dihydropyridines is 1. The molecule has 0 aromatic heterocycles. The molecule has 0 saturated carbocycles. The number of carbonyl (C=O) groups is 1. The first-order valence-corrected chi connectivity index (χ1v) is 9.99. The van der Waals surface area contributed by atoms with Gasteiger partial charge in [0.1, 0.15) is 12.4 Å². The lowest BCUT2D eigenvalue weighted by atomic mass is 9.76. The van der Waals surface area contributed by atoms with Crippen LogP contribution in [-0.2, 0) is 11.4 Å². The van der Waals surface area contributed by atoms with Crippen LogP contribution >= 0.6 is 0 Å². The number of hydrogen-bond acceptors (Lipinski definition) is 4. The van der Waals surface area contributed by atoms with Gasteiger partial charge in [-0.3, -0.25) is 4.79 Å². The highest BCUT2D eigenvalue weighted by molar-refractivity contribution is 5.99. The molecule has 29 heavy (non-hydrogen) atoms. The lowest BCUT2D eigenvalue weighted by molar-refractivity contribution is -0.116. The largest absolute Gasteiger partial charge is 0.489 e. The Morgan fingerprint density at radius 3 is 2.48 bits per heavy atom. The number of ketones is 1. The van der Waals surface area contributed by atoms with Gasteiger partial charge in [-0.1, -0.05) is 42.0 Å². The maximum absolute atomic E-state index is 12.7. The van der Waals surface area contributed by atoms with E-state index in [0.29, 0.717) is 18.6 Å². The summed E-state index contributed by atoms with van der Waals surface area (Å²) >= 11 is 0. The lowest BCUT2D eigenvalue weighted by Crippen LogP contribution is -2.31. The first-order valence-electron chi connectivity index (χ1n) is 9.99. The van der Waals surface area contributed by atoms with Gasteiger partial charge in [0.05, 0.1) is 17.6 Å². The Morgan fingerprint density at radius 1 is 1.07 bits per heavy atom. The molecule has 0 spiro atoms. The third-order valence-corrected chi connectivity index (χ3v) is 5.64. The molecule has 1 aliphatic heterocycles. The van der Waals surface area contributed by atoms with Crippen LogP contribution in [0.2, 0.25) is 0 Å². The average molecular weight is 384 g/mol. The van der Waals surface area contributed by atoms with Crippen LogP contribution in [0, 0.1) is 18.3 Å². The molecule has 4 nitrogen and oxygen atoms in total. The van der Waals surface area contributed by atoms with E-state index >= 15 is 0 Å². The van der Waals surface area contributed by atoms with Crippen molar-refractivity contribution in [3.63, 3.8) is 0 Å². The van der Waals surface area contributed by atoms with E-state index in [2.05, 4.69) is 42.6 Å². The smallest absolute Gasteiger partial charge is 0.161 e. The van der Waals surface area contributed by atoms with Crippen molar-refractivity contribution in [2.75, 3.05) is 0 Å². The fourth-order valence-electron chi connectivity index (χ4n) is 4.07. The summed E-state index contributed by atoms with van der Waals surface area (Å²) < 4.78 is 5.91. The number of nitrogens with one attached hydrogen (secondary N) is 1. The minimum Gasteiger partial charge on any atom is -0.489 e. The zero-order valence-electron chi connectivity index (χ0n) is 16.8. The van der Waals surface area contributed by atoms with Crippen LogP contribution in [0.1, 0.15) is 48.8 Å². The van der Waals surface area contributed by atoms with Gasteiger partial charge in [-0.2, -0.15) is 5.26 Å². The van der Waals surface area contributed by atoms with Crippen LogP contribution in [0.3, 0.4) is 0 Å². The highest BCUT2D eigenvalue weighted by Gasteiger charge is 2.35. The topological polar surface area (TPSA) is 62.1 Å². The predicted molar refractivity (Wildman–Crippen MR) is 112 cm³/mol. The van der Waals surface area contributed by atoms with Gasteiger partial charge in [-0.05, 0) is 49.9 Å². The van der Waals surface area contributed by atoms with E-state index in [9.17, 15) is 10.1 Å². The van der Waals surface area contributed by atoms with Crippen molar-refractivity contribution >= 4 is 5.78 Å². The Hall–Kier alpha value is -3.32. The lowest BCUT2D eigenvalue weighted by Gasteiger charge is -2.32. The maximum atomic E-state index is 12.7. The fourth-order valence-corrected chi connectivity index (χ4v) is 4.07. The molecular formula is C25H24N2O2. The summed E-state index contributed by atoms with van der Waals surface area (Å²) in [5, 5.41) is 13.0. The summed E-state index contributed by atoms with van der Waals surface area (Å²) in [7, 11) is 0. The summed E-state index contributed by atoms with van der Waals surface area (Å²) in [6.45, 7) is 4.48. The molecule has 4 heteroatoms. The first-order chi connectivity index (χ1) is 14.1. The van der Waals surface area contributed by atoms with Crippen LogP contribution in [0.4, 0.5) is 0 Å². The minimum absolute atomic E-state index is 0.142. The number of nitriles is 1. The Bertz CT molecular complexity index is 1040. The van der Waals surface area contributed by atoms with E-state index in [1.165, 1.54) is 5.56 Å². The normalized spacial score (nSPS) is 18.8. The monoisotopic (exact) mass is 384 g/mol. The molecule has 1 N–H and O–H groups in total. The van der Waals surface area contributed by atoms with Crippen molar-refractivity contribution in [2.24, 2.45) is 0 Å². The van der Waals surface area contributed by atoms with Crippen molar-refractivity contribution in [3.8, 4) is 11.8 Å². The first kappa shape index (κ1) is 19.0. The summed E-state index contributed by atoms with van der Waals surface area (Å²) in [6.07, 6.45) is 2.26. The standard InChI is InChI=1S/C25H24N2O2/c1-16-6-8-18(9-7-16)15-29-20-12-10-19(11-13-20)24-21(14-26)17(2)27-22-4-3-5-23(28)25(22)24/h6-13,24,27H,3-5,15H2,1-2H3. The molecule has 4 rings (SSSR count). The SMILES string of the molecule is CC1=C(C#N)C(c2ccc(OCc3ccc(C)cc3)cc2)C2=C(CCCC2=O)N1. The molecule has 1 aliphatic carbocycles. The summed E-state index contributed by atoms with van der Waals surface area (Å²) in [5.74, 6) is 0.616. The highest BCUT2D eigenvalue weighted by Crippen LogP contribution is 2.42. The molecule has 1 unspecified atom stereocenters. The predicted octanol–water partition coefficient (Wildman–Crippen LogP) is 5.07. The van der Waals surface area contributed by atoms with Crippen molar-refractivity contribution in [1.29, 1.82) is 5.26 Å². The van der Waals surface area contributed by atoms with E-state index in [1.807, 2.05) is 31.2 Å². The van der Waals surface area contributed by atoms with E-state index in [0.717, 1.165) is 46.7 Å². The minimum atomic E-state index is -0.296. The van der Waals surface area contributed by atoms with Gasteiger partial charge in [-0.25, -0.2) is 0 Å². The Kier molecular flexibility index (Phi) is 5.22. The molecule has 0 radical (unpaired) electrons. The van der Waals surface area contributed by atoms with Crippen molar-refractivity contribution in [3.05, 3.63) is 87.8 Å². The Balaban J connectivity index is 1.58. The van der Waals surface area contributed by atoms with Gasteiger partial charge in [0, 0.05) is 23.4 Å². The third-order valence-electron chi connectivity index (χ3n) is 5.64. The second kappa shape index (κ2) is 7.97. The van der Waals surface area contributed by atoms with Gasteiger partial charge < -0.3 is 10.1 Å². The second-order valence-electron chi connectivity index (χ2n) is 7.72.